The lowest BCUT2D eigenvalue weighted by atomic mass is 9.70. The van der Waals surface area contributed by atoms with Crippen molar-refractivity contribution in [3.05, 3.63) is 60.2 Å². The monoisotopic (exact) mass is 347 g/mol. The first-order valence-electron chi connectivity index (χ1n) is 9.36. The second kappa shape index (κ2) is 6.08. The van der Waals surface area contributed by atoms with E-state index in [0.29, 0.717) is 11.5 Å². The van der Waals surface area contributed by atoms with Gasteiger partial charge in [-0.15, -0.1) is 0 Å². The molecule has 2 aliphatic carbocycles. The highest BCUT2D eigenvalue weighted by Gasteiger charge is 2.60. The van der Waals surface area contributed by atoms with Gasteiger partial charge in [-0.25, -0.2) is 4.79 Å². The lowest BCUT2D eigenvalue weighted by Crippen LogP contribution is -2.32. The minimum Gasteiger partial charge on any atom is -0.313 e. The number of carbonyl (C=O) groups excluding carboxylic acids is 1. The Labute approximate surface area is 155 Å². The van der Waals surface area contributed by atoms with E-state index in [1.54, 1.807) is 12.1 Å². The predicted octanol–water partition coefficient (Wildman–Crippen LogP) is 5.71. The minimum absolute atomic E-state index is 0.0507. The molecule has 0 radical (unpaired) electrons. The zero-order valence-electron chi connectivity index (χ0n) is 15.7. The van der Waals surface area contributed by atoms with Crippen LogP contribution >= 0.6 is 0 Å². The molecular formula is C23H25NO2. The zero-order valence-corrected chi connectivity index (χ0v) is 15.7. The van der Waals surface area contributed by atoms with Crippen molar-refractivity contribution in [2.45, 2.75) is 40.0 Å². The van der Waals surface area contributed by atoms with Gasteiger partial charge in [0.1, 0.15) is 0 Å². The second-order valence-electron chi connectivity index (χ2n) is 8.35. The van der Waals surface area contributed by atoms with E-state index in [1.807, 2.05) is 30.3 Å². The molecule has 0 saturated heterocycles. The Hall–Kier alpha value is -2.42. The Bertz CT molecular complexity index is 852. The highest BCUT2D eigenvalue weighted by Crippen LogP contribution is 2.64. The molecule has 2 aliphatic rings. The number of benzene rings is 2. The van der Waals surface area contributed by atoms with Gasteiger partial charge in [-0.3, -0.25) is 0 Å². The number of carbonyl (C=O) groups is 1. The van der Waals surface area contributed by atoms with Gasteiger partial charge in [0.05, 0.1) is 11.3 Å². The lowest BCUT2D eigenvalue weighted by molar-refractivity contribution is 0.0508. The fourth-order valence-corrected chi connectivity index (χ4v) is 4.65. The molecule has 0 aliphatic heterocycles. The van der Waals surface area contributed by atoms with Crippen LogP contribution < -0.4 is 0 Å². The Balaban J connectivity index is 1.48. The Morgan fingerprint density at radius 2 is 1.65 bits per heavy atom. The van der Waals surface area contributed by atoms with Gasteiger partial charge in [-0.05, 0) is 53.9 Å². The number of oxime groups is 1. The topological polar surface area (TPSA) is 38.7 Å². The summed E-state index contributed by atoms with van der Waals surface area (Å²) >= 11 is 0. The molecule has 2 atom stereocenters. The average Bonchev–Trinajstić information content (AvgIpc) is 3.00. The standard InChI is InChI=1S/C23H25NO2/c1-22(2)19-13-14-23(22,3)20(15-19)24-26-21(25)18-11-9-17(10-12-18)16-7-5-4-6-8-16/h4-12,19H,13-15H2,1-3H3/b24-20-/t19-,23+/m1/s1. The van der Waals surface area contributed by atoms with E-state index in [2.05, 4.69) is 38.1 Å². The summed E-state index contributed by atoms with van der Waals surface area (Å²) in [6.07, 6.45) is 3.33. The van der Waals surface area contributed by atoms with Crippen LogP contribution in [-0.2, 0) is 4.84 Å². The van der Waals surface area contributed by atoms with Crippen LogP contribution in [0, 0.1) is 16.7 Å². The molecule has 134 valence electrons. The van der Waals surface area contributed by atoms with Crippen LogP contribution in [0.25, 0.3) is 11.1 Å². The third kappa shape index (κ3) is 2.57. The summed E-state index contributed by atoms with van der Waals surface area (Å²) in [4.78, 5) is 17.7. The Morgan fingerprint density at radius 1 is 1.00 bits per heavy atom. The highest BCUT2D eigenvalue weighted by molar-refractivity contribution is 5.95. The number of rotatable bonds is 3. The van der Waals surface area contributed by atoms with Crippen LogP contribution in [0.2, 0.25) is 0 Å². The molecule has 0 amide bonds. The van der Waals surface area contributed by atoms with E-state index < -0.39 is 0 Å². The van der Waals surface area contributed by atoms with Gasteiger partial charge < -0.3 is 4.84 Å². The van der Waals surface area contributed by atoms with Crippen molar-refractivity contribution >= 4 is 11.7 Å². The molecule has 2 bridgehead atoms. The van der Waals surface area contributed by atoms with E-state index in [-0.39, 0.29) is 16.8 Å². The summed E-state index contributed by atoms with van der Waals surface area (Å²) in [5, 5.41) is 4.30. The molecule has 3 nitrogen and oxygen atoms in total. The van der Waals surface area contributed by atoms with Crippen LogP contribution in [0.5, 0.6) is 0 Å². The third-order valence-electron chi connectivity index (χ3n) is 6.98. The summed E-state index contributed by atoms with van der Waals surface area (Å²) < 4.78 is 0. The van der Waals surface area contributed by atoms with E-state index >= 15 is 0 Å². The summed E-state index contributed by atoms with van der Waals surface area (Å²) in [6, 6.07) is 17.6. The normalized spacial score (nSPS) is 27.7. The van der Waals surface area contributed by atoms with Gasteiger partial charge in [-0.1, -0.05) is 68.4 Å². The van der Waals surface area contributed by atoms with Gasteiger partial charge in [0.25, 0.3) is 0 Å². The summed E-state index contributed by atoms with van der Waals surface area (Å²) in [7, 11) is 0. The maximum absolute atomic E-state index is 12.4. The number of nitrogens with zero attached hydrogens (tertiary/aromatic N) is 1. The molecule has 26 heavy (non-hydrogen) atoms. The fraction of sp³-hybridized carbons (Fsp3) is 0.391. The average molecular weight is 347 g/mol. The van der Waals surface area contributed by atoms with Crippen molar-refractivity contribution in [1.82, 2.24) is 0 Å². The minimum atomic E-state index is -0.388. The molecule has 3 heteroatoms. The van der Waals surface area contributed by atoms with Crippen LogP contribution in [0.1, 0.15) is 50.4 Å². The zero-order chi connectivity index (χ0) is 18.4. The quantitative estimate of drug-likeness (QED) is 0.527. The lowest BCUT2D eigenvalue weighted by Gasteiger charge is -2.34. The van der Waals surface area contributed by atoms with Crippen LogP contribution in [0.15, 0.2) is 59.8 Å². The first kappa shape index (κ1) is 17.0. The molecule has 2 fully saturated rings. The van der Waals surface area contributed by atoms with E-state index in [1.165, 1.54) is 6.42 Å². The smallest absolute Gasteiger partial charge is 0.313 e. The molecule has 0 unspecified atom stereocenters. The van der Waals surface area contributed by atoms with E-state index in [4.69, 9.17) is 4.84 Å². The first-order valence-corrected chi connectivity index (χ1v) is 9.36. The molecular weight excluding hydrogens is 322 g/mol. The highest BCUT2D eigenvalue weighted by atomic mass is 16.7. The largest absolute Gasteiger partial charge is 0.365 e. The van der Waals surface area contributed by atoms with Gasteiger partial charge in [0.15, 0.2) is 0 Å². The molecule has 0 N–H and O–H groups in total. The predicted molar refractivity (Wildman–Crippen MR) is 104 cm³/mol. The summed E-state index contributed by atoms with van der Waals surface area (Å²) in [6.45, 7) is 6.90. The second-order valence-corrected chi connectivity index (χ2v) is 8.35. The molecule has 2 aromatic rings. The fourth-order valence-electron chi connectivity index (χ4n) is 4.65. The molecule has 2 aromatic carbocycles. The Morgan fingerprint density at radius 3 is 2.23 bits per heavy atom. The van der Waals surface area contributed by atoms with Gasteiger partial charge >= 0.3 is 5.97 Å². The third-order valence-corrected chi connectivity index (χ3v) is 6.98. The summed E-state index contributed by atoms with van der Waals surface area (Å²) in [5.74, 6) is 0.261. The van der Waals surface area contributed by atoms with Gasteiger partial charge in [-0.2, -0.15) is 0 Å². The molecule has 4 rings (SSSR count). The maximum atomic E-state index is 12.4. The van der Waals surface area contributed by atoms with Gasteiger partial charge in [0.2, 0.25) is 0 Å². The number of fused-ring (bicyclic) bond motifs is 2. The maximum Gasteiger partial charge on any atom is 0.365 e. The molecule has 0 spiro atoms. The van der Waals surface area contributed by atoms with Gasteiger partial charge in [0, 0.05) is 5.41 Å². The van der Waals surface area contributed by atoms with Crippen LogP contribution in [-0.4, -0.2) is 11.7 Å². The SMILES string of the molecule is CC1(C)[C@@H]2CC[C@@]1(C)/C(=N\OC(=O)c1ccc(-c3ccccc3)cc1)C2. The first-order chi connectivity index (χ1) is 12.4. The molecule has 2 saturated carbocycles. The van der Waals surface area contributed by atoms with Crippen molar-refractivity contribution in [2.24, 2.45) is 21.9 Å². The number of hydrogen-bond donors (Lipinski definition) is 0. The molecule has 0 aromatic heterocycles. The molecule has 0 heterocycles. The van der Waals surface area contributed by atoms with Crippen molar-refractivity contribution in [1.29, 1.82) is 0 Å². The van der Waals surface area contributed by atoms with Crippen LogP contribution in [0.3, 0.4) is 0 Å². The van der Waals surface area contributed by atoms with Crippen molar-refractivity contribution in [2.75, 3.05) is 0 Å². The van der Waals surface area contributed by atoms with Crippen molar-refractivity contribution in [3.8, 4) is 11.1 Å². The van der Waals surface area contributed by atoms with Crippen molar-refractivity contribution < 1.29 is 9.63 Å². The number of hydrogen-bond acceptors (Lipinski definition) is 3. The van der Waals surface area contributed by atoms with Crippen molar-refractivity contribution in [3.63, 3.8) is 0 Å². The summed E-state index contributed by atoms with van der Waals surface area (Å²) in [5.41, 5.74) is 4.07. The van der Waals surface area contributed by atoms with E-state index in [0.717, 1.165) is 29.7 Å². The van der Waals surface area contributed by atoms with Crippen LogP contribution in [0.4, 0.5) is 0 Å². The van der Waals surface area contributed by atoms with E-state index in [9.17, 15) is 4.79 Å². The Kier molecular flexibility index (Phi) is 3.98.